The quantitative estimate of drug-likeness (QED) is 0.651. The molecule has 0 aliphatic carbocycles. The van der Waals surface area contributed by atoms with Crippen molar-refractivity contribution >= 4 is 5.91 Å². The van der Waals surface area contributed by atoms with E-state index in [2.05, 4.69) is 16.0 Å². The maximum Gasteiger partial charge on any atom is 0.260 e. The Hall–Kier alpha value is -2.44. The van der Waals surface area contributed by atoms with Crippen LogP contribution >= 0.6 is 0 Å². The van der Waals surface area contributed by atoms with E-state index in [9.17, 15) is 4.79 Å². The number of rotatable bonds is 9. The first-order valence-corrected chi connectivity index (χ1v) is 10.3. The Morgan fingerprint density at radius 2 is 1.93 bits per heavy atom. The average molecular weight is 398 g/mol. The van der Waals surface area contributed by atoms with E-state index in [1.165, 1.54) is 5.56 Å². The smallest absolute Gasteiger partial charge is 0.260 e. The van der Waals surface area contributed by atoms with Crippen LogP contribution in [0.1, 0.15) is 23.1 Å². The van der Waals surface area contributed by atoms with Gasteiger partial charge in [0.15, 0.2) is 6.61 Å². The molecule has 1 amide bonds. The molecule has 1 fully saturated rings. The van der Waals surface area contributed by atoms with Gasteiger partial charge in [-0.2, -0.15) is 0 Å². The monoisotopic (exact) mass is 397 g/mol. The molecule has 2 heterocycles. The van der Waals surface area contributed by atoms with Gasteiger partial charge >= 0.3 is 0 Å². The summed E-state index contributed by atoms with van der Waals surface area (Å²) < 4.78 is 11.2. The maximum absolute atomic E-state index is 12.9. The van der Waals surface area contributed by atoms with Gasteiger partial charge in [-0.25, -0.2) is 0 Å². The summed E-state index contributed by atoms with van der Waals surface area (Å²) in [5.41, 5.74) is 3.31. The van der Waals surface area contributed by atoms with Crippen LogP contribution in [0.2, 0.25) is 0 Å². The molecule has 1 aromatic heterocycles. The van der Waals surface area contributed by atoms with E-state index >= 15 is 0 Å². The van der Waals surface area contributed by atoms with E-state index in [0.29, 0.717) is 13.1 Å². The number of carbonyl (C=O) groups is 1. The second-order valence-corrected chi connectivity index (χ2v) is 7.54. The molecule has 0 bridgehead atoms. The summed E-state index contributed by atoms with van der Waals surface area (Å²) in [5.74, 6) is 0.768. The van der Waals surface area contributed by atoms with Crippen LogP contribution in [0.4, 0.5) is 0 Å². The summed E-state index contributed by atoms with van der Waals surface area (Å²) in [7, 11) is 0. The number of hydrogen-bond acceptors (Lipinski definition) is 5. The Morgan fingerprint density at radius 1 is 1.17 bits per heavy atom. The molecule has 6 nitrogen and oxygen atoms in total. The van der Waals surface area contributed by atoms with E-state index < -0.39 is 0 Å². The number of carbonyl (C=O) groups excluding carboxylic acids is 1. The fraction of sp³-hybridized carbons (Fsp3) is 0.478. The van der Waals surface area contributed by atoms with Crippen LogP contribution in [0.15, 0.2) is 42.7 Å². The van der Waals surface area contributed by atoms with Crippen LogP contribution in [0.3, 0.4) is 0 Å². The first-order valence-electron chi connectivity index (χ1n) is 10.3. The highest BCUT2D eigenvalue weighted by atomic mass is 16.5. The van der Waals surface area contributed by atoms with Crippen LogP contribution in [0, 0.1) is 13.8 Å². The Labute approximate surface area is 173 Å². The zero-order chi connectivity index (χ0) is 20.5. The van der Waals surface area contributed by atoms with Crippen LogP contribution in [0.5, 0.6) is 5.75 Å². The van der Waals surface area contributed by atoms with Gasteiger partial charge in [0, 0.05) is 45.1 Å². The van der Waals surface area contributed by atoms with E-state index in [0.717, 1.165) is 56.1 Å². The molecule has 6 heteroatoms. The molecule has 1 aromatic carbocycles. The third-order valence-electron chi connectivity index (χ3n) is 5.16. The Bertz CT molecular complexity index is 776. The largest absolute Gasteiger partial charge is 0.484 e. The van der Waals surface area contributed by atoms with Crippen molar-refractivity contribution in [3.63, 3.8) is 0 Å². The number of nitrogens with zero attached hydrogens (tertiary/aromatic N) is 3. The highest BCUT2D eigenvalue weighted by Crippen LogP contribution is 2.19. The molecule has 0 N–H and O–H groups in total. The van der Waals surface area contributed by atoms with E-state index in [1.54, 1.807) is 12.4 Å². The topological polar surface area (TPSA) is 54.9 Å². The lowest BCUT2D eigenvalue weighted by Crippen LogP contribution is -2.40. The standard InChI is InChI=1S/C23H31N3O3/c1-19-4-5-22(20(2)16-19)29-18-23(27)26(17-21-6-8-24-9-7-21)11-3-10-25-12-14-28-15-13-25/h4-9,16H,3,10-15,17-18H2,1-2H3. The minimum Gasteiger partial charge on any atom is -0.484 e. The molecular weight excluding hydrogens is 366 g/mol. The molecule has 2 aromatic rings. The molecule has 29 heavy (non-hydrogen) atoms. The third-order valence-corrected chi connectivity index (χ3v) is 5.16. The number of hydrogen-bond donors (Lipinski definition) is 0. The molecule has 0 radical (unpaired) electrons. The number of ether oxygens (including phenoxy) is 2. The lowest BCUT2D eigenvalue weighted by atomic mass is 10.1. The molecule has 0 atom stereocenters. The zero-order valence-corrected chi connectivity index (χ0v) is 17.5. The van der Waals surface area contributed by atoms with E-state index in [4.69, 9.17) is 9.47 Å². The van der Waals surface area contributed by atoms with Gasteiger partial charge in [0.2, 0.25) is 0 Å². The summed E-state index contributed by atoms with van der Waals surface area (Å²) >= 11 is 0. The van der Waals surface area contributed by atoms with Crippen LogP contribution < -0.4 is 4.74 Å². The van der Waals surface area contributed by atoms with Gasteiger partial charge in [-0.05, 0) is 49.6 Å². The zero-order valence-electron chi connectivity index (χ0n) is 17.5. The number of benzene rings is 1. The Balaban J connectivity index is 1.57. The molecule has 1 saturated heterocycles. The molecule has 3 rings (SSSR count). The summed E-state index contributed by atoms with van der Waals surface area (Å²) in [6.07, 6.45) is 4.45. The number of amides is 1. The normalized spacial score (nSPS) is 14.6. The molecule has 0 unspecified atom stereocenters. The predicted octanol–water partition coefficient (Wildman–Crippen LogP) is 2.83. The van der Waals surface area contributed by atoms with Crippen LogP contribution in [-0.2, 0) is 16.1 Å². The number of aromatic nitrogens is 1. The van der Waals surface area contributed by atoms with Crippen molar-refractivity contribution in [2.75, 3.05) is 46.0 Å². The van der Waals surface area contributed by atoms with E-state index in [1.807, 2.05) is 43.0 Å². The highest BCUT2D eigenvalue weighted by molar-refractivity contribution is 5.77. The first-order chi connectivity index (χ1) is 14.1. The third kappa shape index (κ3) is 6.84. The van der Waals surface area contributed by atoms with Gasteiger partial charge in [-0.15, -0.1) is 0 Å². The van der Waals surface area contributed by atoms with Gasteiger partial charge in [-0.3, -0.25) is 14.7 Å². The number of morpholine rings is 1. The fourth-order valence-corrected chi connectivity index (χ4v) is 3.50. The van der Waals surface area contributed by atoms with Gasteiger partial charge < -0.3 is 14.4 Å². The lowest BCUT2D eigenvalue weighted by molar-refractivity contribution is -0.134. The molecule has 0 saturated carbocycles. The Kier molecular flexibility index (Phi) is 8.02. The minimum absolute atomic E-state index is 0.00349. The van der Waals surface area contributed by atoms with E-state index in [-0.39, 0.29) is 12.5 Å². The van der Waals surface area contributed by atoms with Crippen LogP contribution in [-0.4, -0.2) is 66.7 Å². The second kappa shape index (κ2) is 10.9. The van der Waals surface area contributed by atoms with Crippen LogP contribution in [0.25, 0.3) is 0 Å². The molecule has 156 valence electrons. The maximum atomic E-state index is 12.9. The summed E-state index contributed by atoms with van der Waals surface area (Å²) in [6, 6.07) is 9.91. The van der Waals surface area contributed by atoms with Crippen molar-refractivity contribution in [1.29, 1.82) is 0 Å². The van der Waals surface area contributed by atoms with Crippen molar-refractivity contribution in [1.82, 2.24) is 14.8 Å². The minimum atomic E-state index is 0.00349. The molecule has 0 spiro atoms. The molecule has 1 aliphatic heterocycles. The van der Waals surface area contributed by atoms with Crippen molar-refractivity contribution in [3.05, 3.63) is 59.4 Å². The summed E-state index contributed by atoms with van der Waals surface area (Å²) in [4.78, 5) is 21.3. The molecule has 1 aliphatic rings. The van der Waals surface area contributed by atoms with Gasteiger partial charge in [0.25, 0.3) is 5.91 Å². The summed E-state index contributed by atoms with van der Waals surface area (Å²) in [5, 5.41) is 0. The predicted molar refractivity (Wildman–Crippen MR) is 113 cm³/mol. The van der Waals surface area contributed by atoms with Gasteiger partial charge in [0.05, 0.1) is 13.2 Å². The lowest BCUT2D eigenvalue weighted by Gasteiger charge is -2.28. The van der Waals surface area contributed by atoms with Gasteiger partial charge in [-0.1, -0.05) is 17.7 Å². The van der Waals surface area contributed by atoms with Crippen molar-refractivity contribution in [2.24, 2.45) is 0 Å². The highest BCUT2D eigenvalue weighted by Gasteiger charge is 2.17. The van der Waals surface area contributed by atoms with Crippen molar-refractivity contribution < 1.29 is 14.3 Å². The van der Waals surface area contributed by atoms with Crippen molar-refractivity contribution in [3.8, 4) is 5.75 Å². The number of aryl methyl sites for hydroxylation is 2. The first kappa shape index (κ1) is 21.3. The summed E-state index contributed by atoms with van der Waals surface area (Å²) in [6.45, 7) is 9.87. The number of pyridine rings is 1. The Morgan fingerprint density at radius 3 is 2.66 bits per heavy atom. The van der Waals surface area contributed by atoms with Crippen molar-refractivity contribution in [2.45, 2.75) is 26.8 Å². The second-order valence-electron chi connectivity index (χ2n) is 7.54. The fourth-order valence-electron chi connectivity index (χ4n) is 3.50. The average Bonchev–Trinajstić information content (AvgIpc) is 2.74. The van der Waals surface area contributed by atoms with Gasteiger partial charge in [0.1, 0.15) is 5.75 Å². The molecular formula is C23H31N3O3. The SMILES string of the molecule is Cc1ccc(OCC(=O)N(CCCN2CCOCC2)Cc2ccncc2)c(C)c1.